The van der Waals surface area contributed by atoms with E-state index in [1.807, 2.05) is 6.92 Å². The lowest BCUT2D eigenvalue weighted by Crippen LogP contribution is -2.31. The van der Waals surface area contributed by atoms with Gasteiger partial charge in [-0.05, 0) is 36.6 Å². The summed E-state index contributed by atoms with van der Waals surface area (Å²) in [6, 6.07) is 3.85. The van der Waals surface area contributed by atoms with Crippen molar-refractivity contribution in [1.82, 2.24) is 0 Å². The number of carboxylic acid groups (broad SMARTS) is 1. The van der Waals surface area contributed by atoms with E-state index in [-0.39, 0.29) is 22.7 Å². The molecule has 6 nitrogen and oxygen atoms in total. The molecule has 3 N–H and O–H groups in total. The summed E-state index contributed by atoms with van der Waals surface area (Å²) in [5, 5.41) is 15.0. The predicted octanol–water partition coefficient (Wildman–Crippen LogP) is 3.52. The molecule has 0 radical (unpaired) electrons. The fourth-order valence-corrected chi connectivity index (χ4v) is 4.33. The topological polar surface area (TPSA) is 95.5 Å². The van der Waals surface area contributed by atoms with Gasteiger partial charge in [-0.1, -0.05) is 13.0 Å². The Labute approximate surface area is 153 Å². The zero-order chi connectivity index (χ0) is 19.0. The normalized spacial score (nSPS) is 16.0. The molecular weight excluding hydrogens is 359 g/mol. The molecule has 26 heavy (non-hydrogen) atoms. The maximum absolute atomic E-state index is 13.4. The number of thiophene rings is 1. The molecule has 2 heterocycles. The van der Waals surface area contributed by atoms with Crippen molar-refractivity contribution >= 4 is 39.8 Å². The second-order valence-corrected chi connectivity index (χ2v) is 7.25. The van der Waals surface area contributed by atoms with Crippen molar-refractivity contribution in [2.45, 2.75) is 32.6 Å². The number of halogens is 1. The van der Waals surface area contributed by atoms with E-state index in [0.717, 1.165) is 4.88 Å². The standard InChI is InChI=1S/C18H17FN2O4S/c1-3-10-8(2)26-17(15(10)18(24)25)21-16(23)12-7-14(22)20-13-6-9(19)4-5-11(12)13/h4-6,12H,3,7H2,1-2H3,(H,20,22)(H,21,23)(H,24,25). The second-order valence-electron chi connectivity index (χ2n) is 6.03. The summed E-state index contributed by atoms with van der Waals surface area (Å²) in [4.78, 5) is 37.1. The van der Waals surface area contributed by atoms with Gasteiger partial charge in [-0.2, -0.15) is 0 Å². The van der Waals surface area contributed by atoms with Crippen LogP contribution in [0.4, 0.5) is 15.1 Å². The van der Waals surface area contributed by atoms with Gasteiger partial charge in [0.25, 0.3) is 0 Å². The van der Waals surface area contributed by atoms with Crippen molar-refractivity contribution in [2.75, 3.05) is 10.6 Å². The molecule has 1 atom stereocenters. The van der Waals surface area contributed by atoms with Gasteiger partial charge in [-0.25, -0.2) is 9.18 Å². The van der Waals surface area contributed by atoms with Crippen LogP contribution in [-0.2, 0) is 16.0 Å². The van der Waals surface area contributed by atoms with Gasteiger partial charge in [0, 0.05) is 17.0 Å². The highest BCUT2D eigenvalue weighted by molar-refractivity contribution is 7.16. The number of carbonyl (C=O) groups is 3. The fraction of sp³-hybridized carbons (Fsp3) is 0.278. The number of hydrogen-bond donors (Lipinski definition) is 3. The largest absolute Gasteiger partial charge is 0.478 e. The fourth-order valence-electron chi connectivity index (χ4n) is 3.19. The zero-order valence-electron chi connectivity index (χ0n) is 14.2. The first kappa shape index (κ1) is 18.1. The molecular formula is C18H17FN2O4S. The van der Waals surface area contributed by atoms with Gasteiger partial charge in [0.05, 0.1) is 11.5 Å². The number of fused-ring (bicyclic) bond motifs is 1. The summed E-state index contributed by atoms with van der Waals surface area (Å²) in [5.74, 6) is -3.31. The monoisotopic (exact) mass is 376 g/mol. The molecule has 0 bridgehead atoms. The Balaban J connectivity index is 1.95. The van der Waals surface area contributed by atoms with E-state index >= 15 is 0 Å². The summed E-state index contributed by atoms with van der Waals surface area (Å²) >= 11 is 1.20. The average Bonchev–Trinajstić information content (AvgIpc) is 2.88. The molecule has 2 amide bonds. The van der Waals surface area contributed by atoms with E-state index in [1.54, 1.807) is 6.92 Å². The van der Waals surface area contributed by atoms with E-state index < -0.39 is 29.5 Å². The van der Waals surface area contributed by atoms with Crippen molar-refractivity contribution in [3.8, 4) is 0 Å². The van der Waals surface area contributed by atoms with E-state index in [4.69, 9.17) is 0 Å². The molecule has 1 aromatic heterocycles. The summed E-state index contributed by atoms with van der Waals surface area (Å²) < 4.78 is 13.4. The SMILES string of the molecule is CCc1c(C)sc(NC(=O)C2CC(=O)Nc3cc(F)ccc32)c1C(=O)O. The highest BCUT2D eigenvalue weighted by Crippen LogP contribution is 2.37. The second kappa shape index (κ2) is 6.87. The van der Waals surface area contributed by atoms with Crippen LogP contribution in [0.2, 0.25) is 0 Å². The third-order valence-electron chi connectivity index (χ3n) is 4.38. The highest BCUT2D eigenvalue weighted by Gasteiger charge is 2.32. The molecule has 1 aromatic carbocycles. The number of aryl methyl sites for hydroxylation is 1. The number of carbonyl (C=O) groups excluding carboxylic acids is 2. The van der Waals surface area contributed by atoms with Crippen molar-refractivity contribution in [2.24, 2.45) is 0 Å². The smallest absolute Gasteiger partial charge is 0.339 e. The van der Waals surface area contributed by atoms with Gasteiger partial charge in [0.2, 0.25) is 11.8 Å². The van der Waals surface area contributed by atoms with Crippen LogP contribution in [0.3, 0.4) is 0 Å². The lowest BCUT2D eigenvalue weighted by molar-refractivity contribution is -0.123. The number of carboxylic acids is 1. The van der Waals surface area contributed by atoms with Gasteiger partial charge in [-0.15, -0.1) is 11.3 Å². The molecule has 8 heteroatoms. The van der Waals surface area contributed by atoms with E-state index in [1.165, 1.54) is 29.5 Å². The Kier molecular flexibility index (Phi) is 4.78. The van der Waals surface area contributed by atoms with Crippen LogP contribution in [0.1, 0.15) is 45.6 Å². The first-order chi connectivity index (χ1) is 12.3. The highest BCUT2D eigenvalue weighted by atomic mass is 32.1. The molecule has 0 aliphatic carbocycles. The number of rotatable bonds is 4. The average molecular weight is 376 g/mol. The lowest BCUT2D eigenvalue weighted by atomic mass is 9.89. The summed E-state index contributed by atoms with van der Waals surface area (Å²) in [6.07, 6.45) is 0.450. The van der Waals surface area contributed by atoms with Gasteiger partial charge in [0.15, 0.2) is 0 Å². The molecule has 1 aliphatic rings. The first-order valence-electron chi connectivity index (χ1n) is 8.07. The van der Waals surface area contributed by atoms with Crippen LogP contribution < -0.4 is 10.6 Å². The minimum absolute atomic E-state index is 0.0855. The number of anilines is 2. The molecule has 2 aromatic rings. The van der Waals surface area contributed by atoms with E-state index in [9.17, 15) is 23.9 Å². The summed E-state index contributed by atoms with van der Waals surface area (Å²) in [6.45, 7) is 3.65. The van der Waals surface area contributed by atoms with Gasteiger partial charge < -0.3 is 15.7 Å². The van der Waals surface area contributed by atoms with Crippen molar-refractivity contribution < 1.29 is 23.9 Å². The Hall–Kier alpha value is -2.74. The Bertz CT molecular complexity index is 922. The Morgan fingerprint density at radius 2 is 2.15 bits per heavy atom. The van der Waals surface area contributed by atoms with E-state index in [0.29, 0.717) is 17.5 Å². The van der Waals surface area contributed by atoms with Gasteiger partial charge >= 0.3 is 5.97 Å². The lowest BCUT2D eigenvalue weighted by Gasteiger charge is -2.24. The number of amides is 2. The van der Waals surface area contributed by atoms with Crippen molar-refractivity contribution in [3.05, 3.63) is 45.6 Å². The van der Waals surface area contributed by atoms with Crippen LogP contribution in [0.15, 0.2) is 18.2 Å². The predicted molar refractivity (Wildman–Crippen MR) is 96.4 cm³/mol. The molecule has 136 valence electrons. The van der Waals surface area contributed by atoms with Crippen molar-refractivity contribution in [3.63, 3.8) is 0 Å². The number of benzene rings is 1. The van der Waals surface area contributed by atoms with Crippen molar-refractivity contribution in [1.29, 1.82) is 0 Å². The van der Waals surface area contributed by atoms with Crippen LogP contribution in [0.25, 0.3) is 0 Å². The van der Waals surface area contributed by atoms with E-state index in [2.05, 4.69) is 10.6 Å². The van der Waals surface area contributed by atoms with Crippen LogP contribution in [-0.4, -0.2) is 22.9 Å². The third-order valence-corrected chi connectivity index (χ3v) is 5.45. The molecule has 3 rings (SSSR count). The Morgan fingerprint density at radius 1 is 1.42 bits per heavy atom. The summed E-state index contributed by atoms with van der Waals surface area (Å²) in [5.41, 5.74) is 1.53. The number of nitrogens with one attached hydrogen (secondary N) is 2. The number of aromatic carboxylic acids is 1. The maximum atomic E-state index is 13.4. The number of hydrogen-bond acceptors (Lipinski definition) is 4. The minimum atomic E-state index is -1.11. The molecule has 1 unspecified atom stereocenters. The molecule has 0 saturated heterocycles. The molecule has 0 fully saturated rings. The van der Waals surface area contributed by atoms with Gasteiger partial charge in [0.1, 0.15) is 10.8 Å². The maximum Gasteiger partial charge on any atom is 0.339 e. The molecule has 0 spiro atoms. The van der Waals surface area contributed by atoms with Crippen LogP contribution in [0.5, 0.6) is 0 Å². The molecule has 0 saturated carbocycles. The summed E-state index contributed by atoms with van der Waals surface area (Å²) in [7, 11) is 0. The minimum Gasteiger partial charge on any atom is -0.478 e. The third kappa shape index (κ3) is 3.20. The first-order valence-corrected chi connectivity index (χ1v) is 8.89. The molecule has 1 aliphatic heterocycles. The van der Waals surface area contributed by atoms with Crippen LogP contribution >= 0.6 is 11.3 Å². The van der Waals surface area contributed by atoms with Gasteiger partial charge in [-0.3, -0.25) is 9.59 Å². The Morgan fingerprint density at radius 3 is 2.81 bits per heavy atom. The van der Waals surface area contributed by atoms with Crippen LogP contribution in [0, 0.1) is 12.7 Å². The zero-order valence-corrected chi connectivity index (χ0v) is 15.0. The quantitative estimate of drug-likeness (QED) is 0.761.